The minimum Gasteiger partial charge on any atom is -0.462 e. The van der Waals surface area contributed by atoms with Crippen LogP contribution in [0.1, 0.15) is 239 Å². The van der Waals surface area contributed by atoms with Gasteiger partial charge in [-0.15, -0.1) is 0 Å². The van der Waals surface area contributed by atoms with Gasteiger partial charge in [0.25, 0.3) is 0 Å². The monoisotopic (exact) mass is 1010 g/mol. The molecule has 0 N–H and O–H groups in total. The maximum atomic E-state index is 12.9. The van der Waals surface area contributed by atoms with Crippen LogP contribution in [0.4, 0.5) is 0 Å². The van der Waals surface area contributed by atoms with Crippen LogP contribution in [0.15, 0.2) is 146 Å². The molecule has 6 nitrogen and oxygen atoms in total. The Morgan fingerprint density at radius 1 is 0.301 bits per heavy atom. The van der Waals surface area contributed by atoms with E-state index in [1.54, 1.807) is 0 Å². The molecule has 0 spiro atoms. The van der Waals surface area contributed by atoms with Crippen molar-refractivity contribution in [2.45, 2.75) is 245 Å². The molecule has 0 aliphatic heterocycles. The number of carbonyl (C=O) groups excluding carboxylic acids is 3. The molecular formula is C67H106O6. The van der Waals surface area contributed by atoms with E-state index < -0.39 is 6.10 Å². The predicted molar refractivity (Wildman–Crippen MR) is 315 cm³/mol. The van der Waals surface area contributed by atoms with E-state index in [0.29, 0.717) is 12.8 Å². The van der Waals surface area contributed by atoms with Gasteiger partial charge in [0.15, 0.2) is 6.10 Å². The molecule has 0 aromatic heterocycles. The number of rotatable bonds is 51. The standard InChI is InChI=1S/C67H106O6/c1-4-7-10-13-16-19-22-25-28-31-34-37-39-42-45-48-51-54-57-60-66(69)72-63-64(73-67(70)61-58-55-52-49-46-43-40-36-33-30-27-24-21-18-15-12-9-6-3)62-71-65(68)59-56-53-50-47-44-41-38-35-32-29-26-23-20-17-14-11-8-5-2/h7,10,12,15-16,18-19,21,23-30,32-38,40,64H,4-6,8-9,11,13-14,17,20,22,31,39,41-63H2,1-3H3/b10-7-,15-12-,19-16-,21-18-,26-23-,27-24-,28-25-,32-29-,33-30-,37-34-,38-35-,40-36-. The molecule has 1 atom stereocenters. The lowest BCUT2D eigenvalue weighted by molar-refractivity contribution is -0.167. The van der Waals surface area contributed by atoms with Crippen LogP contribution in [0.5, 0.6) is 0 Å². The zero-order valence-corrected chi connectivity index (χ0v) is 46.8. The van der Waals surface area contributed by atoms with E-state index >= 15 is 0 Å². The average molecular weight is 1010 g/mol. The molecule has 0 rings (SSSR count). The fourth-order valence-corrected chi connectivity index (χ4v) is 7.58. The van der Waals surface area contributed by atoms with E-state index in [9.17, 15) is 14.4 Å². The molecule has 0 fully saturated rings. The molecule has 410 valence electrons. The lowest BCUT2D eigenvalue weighted by Gasteiger charge is -2.18. The third kappa shape index (κ3) is 58.1. The maximum absolute atomic E-state index is 12.9. The fraction of sp³-hybridized carbons (Fsp3) is 0.597. The highest BCUT2D eigenvalue weighted by Crippen LogP contribution is 2.14. The molecule has 0 aliphatic rings. The molecule has 0 radical (unpaired) electrons. The van der Waals surface area contributed by atoms with Crippen molar-refractivity contribution >= 4 is 17.9 Å². The summed E-state index contributed by atoms with van der Waals surface area (Å²) in [5.41, 5.74) is 0. The highest BCUT2D eigenvalue weighted by Gasteiger charge is 2.19. The van der Waals surface area contributed by atoms with Crippen molar-refractivity contribution in [1.82, 2.24) is 0 Å². The molecule has 0 bridgehead atoms. The van der Waals surface area contributed by atoms with Gasteiger partial charge < -0.3 is 14.2 Å². The summed E-state index contributed by atoms with van der Waals surface area (Å²) >= 11 is 0. The highest BCUT2D eigenvalue weighted by molar-refractivity contribution is 5.71. The average Bonchev–Trinajstić information content (AvgIpc) is 3.39. The van der Waals surface area contributed by atoms with Gasteiger partial charge in [-0.05, 0) is 103 Å². The van der Waals surface area contributed by atoms with Crippen LogP contribution in [0.25, 0.3) is 0 Å². The maximum Gasteiger partial charge on any atom is 0.306 e. The molecule has 0 aromatic rings. The summed E-state index contributed by atoms with van der Waals surface area (Å²) in [6.45, 7) is 6.36. The first-order chi connectivity index (χ1) is 36.0. The quantitative estimate of drug-likeness (QED) is 0.0199. The van der Waals surface area contributed by atoms with Gasteiger partial charge in [0.2, 0.25) is 0 Å². The van der Waals surface area contributed by atoms with E-state index in [4.69, 9.17) is 14.2 Å². The SMILES string of the molecule is CC/C=C\C/C=C\C/C=C\C/C=C\CCCCCCCCC(=O)OCC(COC(=O)CCCCCCC\C=C/C=C\C=C/CCCCCCC)OC(=O)CCCCCCC\C=C/C=C\C=C/C=C\C=C/CCC. The number of allylic oxidation sites excluding steroid dienone is 24. The molecular weight excluding hydrogens is 901 g/mol. The third-order valence-electron chi connectivity index (χ3n) is 12.0. The molecule has 0 saturated carbocycles. The predicted octanol–water partition coefficient (Wildman–Crippen LogP) is 20.0. The normalized spacial score (nSPS) is 13.2. The van der Waals surface area contributed by atoms with Gasteiger partial charge in [0.1, 0.15) is 13.2 Å². The minimum atomic E-state index is -0.815. The highest BCUT2D eigenvalue weighted by atomic mass is 16.6. The van der Waals surface area contributed by atoms with Crippen LogP contribution in [0.2, 0.25) is 0 Å². The van der Waals surface area contributed by atoms with Crippen molar-refractivity contribution in [2.75, 3.05) is 13.2 Å². The molecule has 0 heterocycles. The molecule has 0 saturated heterocycles. The van der Waals surface area contributed by atoms with Crippen LogP contribution < -0.4 is 0 Å². The minimum absolute atomic E-state index is 0.109. The van der Waals surface area contributed by atoms with Gasteiger partial charge in [0.05, 0.1) is 0 Å². The zero-order valence-electron chi connectivity index (χ0n) is 46.8. The molecule has 0 amide bonds. The summed E-state index contributed by atoms with van der Waals surface area (Å²) in [6.07, 6.45) is 85.3. The summed E-state index contributed by atoms with van der Waals surface area (Å²) in [7, 11) is 0. The van der Waals surface area contributed by atoms with Crippen molar-refractivity contribution < 1.29 is 28.6 Å². The summed E-state index contributed by atoms with van der Waals surface area (Å²) in [5.74, 6) is -0.971. The second-order valence-electron chi connectivity index (χ2n) is 19.0. The topological polar surface area (TPSA) is 78.9 Å². The first kappa shape index (κ1) is 68.3. The Balaban J connectivity index is 4.55. The first-order valence-electron chi connectivity index (χ1n) is 29.4. The Morgan fingerprint density at radius 2 is 0.616 bits per heavy atom. The summed E-state index contributed by atoms with van der Waals surface area (Å²) in [4.78, 5) is 38.2. The van der Waals surface area contributed by atoms with Gasteiger partial charge >= 0.3 is 17.9 Å². The lowest BCUT2D eigenvalue weighted by Crippen LogP contribution is -2.30. The van der Waals surface area contributed by atoms with E-state index in [0.717, 1.165) is 148 Å². The van der Waals surface area contributed by atoms with Crippen molar-refractivity contribution in [3.05, 3.63) is 146 Å². The van der Waals surface area contributed by atoms with Crippen LogP contribution in [-0.4, -0.2) is 37.2 Å². The fourth-order valence-electron chi connectivity index (χ4n) is 7.58. The Hall–Kier alpha value is -4.71. The van der Waals surface area contributed by atoms with Crippen molar-refractivity contribution in [3.8, 4) is 0 Å². The van der Waals surface area contributed by atoms with E-state index in [2.05, 4.69) is 142 Å². The Bertz CT molecular complexity index is 1630. The van der Waals surface area contributed by atoms with Gasteiger partial charge in [-0.3, -0.25) is 14.4 Å². The second-order valence-corrected chi connectivity index (χ2v) is 19.0. The van der Waals surface area contributed by atoms with Gasteiger partial charge in [0, 0.05) is 19.3 Å². The third-order valence-corrected chi connectivity index (χ3v) is 12.0. The largest absolute Gasteiger partial charge is 0.462 e. The number of carbonyl (C=O) groups is 3. The number of unbranched alkanes of at least 4 members (excludes halogenated alkanes) is 22. The van der Waals surface area contributed by atoms with Crippen molar-refractivity contribution in [2.24, 2.45) is 0 Å². The summed E-state index contributed by atoms with van der Waals surface area (Å²) < 4.78 is 16.8. The number of ether oxygens (including phenoxy) is 3. The zero-order chi connectivity index (χ0) is 52.9. The smallest absolute Gasteiger partial charge is 0.306 e. The van der Waals surface area contributed by atoms with Crippen LogP contribution in [-0.2, 0) is 28.6 Å². The molecule has 0 aliphatic carbocycles. The molecule has 0 aromatic carbocycles. The molecule has 6 heteroatoms. The molecule has 73 heavy (non-hydrogen) atoms. The van der Waals surface area contributed by atoms with Gasteiger partial charge in [-0.2, -0.15) is 0 Å². The number of hydrogen-bond donors (Lipinski definition) is 0. The van der Waals surface area contributed by atoms with E-state index in [-0.39, 0.29) is 37.5 Å². The van der Waals surface area contributed by atoms with Gasteiger partial charge in [-0.25, -0.2) is 0 Å². The van der Waals surface area contributed by atoms with Crippen molar-refractivity contribution in [3.63, 3.8) is 0 Å². The van der Waals surface area contributed by atoms with Crippen molar-refractivity contribution in [1.29, 1.82) is 0 Å². The Labute approximate surface area is 448 Å². The second kappa shape index (κ2) is 59.8. The van der Waals surface area contributed by atoms with Crippen LogP contribution in [0, 0.1) is 0 Å². The molecule has 1 unspecified atom stereocenters. The van der Waals surface area contributed by atoms with Crippen LogP contribution in [0.3, 0.4) is 0 Å². The van der Waals surface area contributed by atoms with Gasteiger partial charge in [-0.1, -0.05) is 263 Å². The number of hydrogen-bond acceptors (Lipinski definition) is 6. The van der Waals surface area contributed by atoms with E-state index in [1.165, 1.54) is 51.4 Å². The number of esters is 3. The Morgan fingerprint density at radius 3 is 1.01 bits per heavy atom. The summed E-state index contributed by atoms with van der Waals surface area (Å²) in [5, 5.41) is 0. The lowest BCUT2D eigenvalue weighted by atomic mass is 10.1. The first-order valence-corrected chi connectivity index (χ1v) is 29.4. The summed E-state index contributed by atoms with van der Waals surface area (Å²) in [6, 6.07) is 0. The van der Waals surface area contributed by atoms with E-state index in [1.807, 2.05) is 24.3 Å². The Kier molecular flexibility index (Phi) is 56.0. The van der Waals surface area contributed by atoms with Crippen LogP contribution >= 0.6 is 0 Å².